The molecule has 1 aliphatic heterocycles. The van der Waals surface area contributed by atoms with E-state index < -0.39 is 0 Å². The number of aromatic nitrogens is 1. The van der Waals surface area contributed by atoms with E-state index in [0.717, 1.165) is 24.4 Å². The fourth-order valence-electron chi connectivity index (χ4n) is 3.51. The number of thiazole rings is 1. The Hall–Kier alpha value is -2.70. The maximum Gasteiger partial charge on any atom is 0.251 e. The summed E-state index contributed by atoms with van der Waals surface area (Å²) in [6.07, 6.45) is 1.98. The first kappa shape index (κ1) is 20.6. The van der Waals surface area contributed by atoms with E-state index in [4.69, 9.17) is 4.74 Å². The minimum Gasteiger partial charge on any atom is -0.497 e. The molecule has 1 aromatic heterocycles. The standard InChI is InChI=1S/C24H27N3O2S/c1-16(2)27-14-20(15-27)24-26-13-22(30-24)18-6-4-17(5-7-18)12-25-23(28)19-8-10-21(29-3)11-9-19/h4-11,13,16,20H,12,14-15H2,1-3H3,(H,25,28). The Balaban J connectivity index is 1.32. The topological polar surface area (TPSA) is 54.5 Å². The molecule has 1 fully saturated rings. The summed E-state index contributed by atoms with van der Waals surface area (Å²) in [6, 6.07) is 16.1. The van der Waals surface area contributed by atoms with E-state index >= 15 is 0 Å². The number of hydrogen-bond donors (Lipinski definition) is 1. The van der Waals surface area contributed by atoms with Gasteiger partial charge in [-0.1, -0.05) is 24.3 Å². The third kappa shape index (κ3) is 4.55. The Morgan fingerprint density at radius 2 is 1.87 bits per heavy atom. The van der Waals surface area contributed by atoms with Gasteiger partial charge in [0.25, 0.3) is 5.91 Å². The van der Waals surface area contributed by atoms with Crippen molar-refractivity contribution in [3.05, 3.63) is 70.9 Å². The number of carbonyl (C=O) groups excluding carboxylic acids is 1. The normalized spacial score (nSPS) is 14.5. The second kappa shape index (κ2) is 8.98. The summed E-state index contributed by atoms with van der Waals surface area (Å²) < 4.78 is 5.13. The maximum absolute atomic E-state index is 12.3. The molecule has 0 spiro atoms. The lowest BCUT2D eigenvalue weighted by Gasteiger charge is -2.41. The van der Waals surface area contributed by atoms with Gasteiger partial charge in [-0.2, -0.15) is 0 Å². The number of likely N-dealkylation sites (tertiary alicyclic amines) is 1. The van der Waals surface area contributed by atoms with Crippen LogP contribution in [0, 0.1) is 0 Å². The predicted octanol–water partition coefficient (Wildman–Crippen LogP) is 4.56. The van der Waals surface area contributed by atoms with Crippen LogP contribution in [-0.4, -0.2) is 42.0 Å². The van der Waals surface area contributed by atoms with Gasteiger partial charge in [0, 0.05) is 43.4 Å². The highest BCUT2D eigenvalue weighted by Gasteiger charge is 2.31. The summed E-state index contributed by atoms with van der Waals surface area (Å²) >= 11 is 1.79. The molecule has 3 aromatic rings. The first-order valence-corrected chi connectivity index (χ1v) is 11.1. The second-order valence-corrected chi connectivity index (χ2v) is 8.98. The monoisotopic (exact) mass is 421 g/mol. The van der Waals surface area contributed by atoms with Crippen molar-refractivity contribution in [2.24, 2.45) is 0 Å². The summed E-state index contributed by atoms with van der Waals surface area (Å²) in [4.78, 5) is 20.6. The average Bonchev–Trinajstić information content (AvgIpc) is 3.20. The van der Waals surface area contributed by atoms with Crippen LogP contribution >= 0.6 is 11.3 Å². The van der Waals surface area contributed by atoms with E-state index in [9.17, 15) is 4.79 Å². The Labute approximate surface area is 181 Å². The zero-order chi connectivity index (χ0) is 21.1. The average molecular weight is 422 g/mol. The molecular weight excluding hydrogens is 394 g/mol. The summed E-state index contributed by atoms with van der Waals surface area (Å²) in [5.41, 5.74) is 2.86. The number of amides is 1. The third-order valence-corrected chi connectivity index (χ3v) is 6.77. The molecule has 4 rings (SSSR count). The molecule has 156 valence electrons. The largest absolute Gasteiger partial charge is 0.497 e. The molecule has 0 atom stereocenters. The molecule has 6 heteroatoms. The van der Waals surface area contributed by atoms with Gasteiger partial charge >= 0.3 is 0 Å². The van der Waals surface area contributed by atoms with Crippen molar-refractivity contribution in [2.75, 3.05) is 20.2 Å². The molecule has 2 aromatic carbocycles. The molecule has 0 radical (unpaired) electrons. The van der Waals surface area contributed by atoms with Crippen molar-refractivity contribution in [3.8, 4) is 16.2 Å². The summed E-state index contributed by atoms with van der Waals surface area (Å²) in [7, 11) is 1.61. The highest BCUT2D eigenvalue weighted by atomic mass is 32.1. The summed E-state index contributed by atoms with van der Waals surface area (Å²) in [5, 5.41) is 4.20. The smallest absolute Gasteiger partial charge is 0.251 e. The minimum absolute atomic E-state index is 0.0928. The van der Waals surface area contributed by atoms with Crippen LogP contribution < -0.4 is 10.1 Å². The summed E-state index contributed by atoms with van der Waals surface area (Å²) in [5.74, 6) is 1.21. The quantitative estimate of drug-likeness (QED) is 0.608. The number of carbonyl (C=O) groups is 1. The molecule has 1 aliphatic rings. The van der Waals surface area contributed by atoms with Crippen LogP contribution in [0.15, 0.2) is 54.7 Å². The predicted molar refractivity (Wildman–Crippen MR) is 121 cm³/mol. The SMILES string of the molecule is COc1ccc(C(=O)NCc2ccc(-c3cnc(C4CN(C(C)C)C4)s3)cc2)cc1. The van der Waals surface area contributed by atoms with E-state index in [1.54, 1.807) is 42.7 Å². The van der Waals surface area contributed by atoms with Crippen LogP contribution in [0.1, 0.15) is 40.7 Å². The van der Waals surface area contributed by atoms with Gasteiger partial charge in [-0.05, 0) is 49.2 Å². The van der Waals surface area contributed by atoms with Crippen molar-refractivity contribution in [1.29, 1.82) is 0 Å². The van der Waals surface area contributed by atoms with Gasteiger partial charge in [-0.3, -0.25) is 9.69 Å². The van der Waals surface area contributed by atoms with Gasteiger partial charge in [0.05, 0.1) is 17.0 Å². The number of ether oxygens (including phenoxy) is 1. The Morgan fingerprint density at radius 1 is 1.17 bits per heavy atom. The molecule has 0 saturated carbocycles. The maximum atomic E-state index is 12.3. The number of hydrogen-bond acceptors (Lipinski definition) is 5. The molecule has 0 aliphatic carbocycles. The minimum atomic E-state index is -0.0928. The fourth-order valence-corrected chi connectivity index (χ4v) is 4.52. The zero-order valence-corrected chi connectivity index (χ0v) is 18.4. The Bertz CT molecular complexity index is 990. The van der Waals surface area contributed by atoms with Crippen molar-refractivity contribution in [2.45, 2.75) is 32.4 Å². The highest BCUT2D eigenvalue weighted by Crippen LogP contribution is 2.35. The lowest BCUT2D eigenvalue weighted by Crippen LogP contribution is -2.48. The molecular formula is C24H27N3O2S. The van der Waals surface area contributed by atoms with Crippen LogP contribution in [0.2, 0.25) is 0 Å². The number of benzene rings is 2. The molecule has 30 heavy (non-hydrogen) atoms. The fraction of sp³-hybridized carbons (Fsp3) is 0.333. The van der Waals surface area contributed by atoms with Crippen LogP contribution in [0.3, 0.4) is 0 Å². The van der Waals surface area contributed by atoms with E-state index in [0.29, 0.717) is 24.1 Å². The van der Waals surface area contributed by atoms with Gasteiger partial charge in [-0.25, -0.2) is 4.98 Å². The molecule has 0 bridgehead atoms. The van der Waals surface area contributed by atoms with Crippen molar-refractivity contribution >= 4 is 17.2 Å². The van der Waals surface area contributed by atoms with Crippen molar-refractivity contribution in [1.82, 2.24) is 15.2 Å². The molecule has 1 N–H and O–H groups in total. The first-order valence-electron chi connectivity index (χ1n) is 10.2. The van der Waals surface area contributed by atoms with E-state index in [1.165, 1.54) is 15.4 Å². The molecule has 0 unspecified atom stereocenters. The van der Waals surface area contributed by atoms with Crippen LogP contribution in [0.4, 0.5) is 0 Å². The number of methoxy groups -OCH3 is 1. The van der Waals surface area contributed by atoms with Crippen LogP contribution in [0.25, 0.3) is 10.4 Å². The van der Waals surface area contributed by atoms with Crippen molar-refractivity contribution < 1.29 is 9.53 Å². The van der Waals surface area contributed by atoms with E-state index in [1.807, 2.05) is 6.20 Å². The van der Waals surface area contributed by atoms with E-state index in [2.05, 4.69) is 53.3 Å². The van der Waals surface area contributed by atoms with E-state index in [-0.39, 0.29) is 5.91 Å². The highest BCUT2D eigenvalue weighted by molar-refractivity contribution is 7.15. The first-order chi connectivity index (χ1) is 14.5. The van der Waals surface area contributed by atoms with Crippen LogP contribution in [0.5, 0.6) is 5.75 Å². The molecule has 1 amide bonds. The van der Waals surface area contributed by atoms with Gasteiger partial charge in [-0.15, -0.1) is 11.3 Å². The molecule has 2 heterocycles. The molecule has 1 saturated heterocycles. The van der Waals surface area contributed by atoms with Crippen LogP contribution in [-0.2, 0) is 6.54 Å². The number of nitrogens with zero attached hydrogens (tertiary/aromatic N) is 2. The Kier molecular flexibility index (Phi) is 6.16. The van der Waals surface area contributed by atoms with Gasteiger partial charge < -0.3 is 10.1 Å². The number of rotatable bonds is 7. The zero-order valence-electron chi connectivity index (χ0n) is 17.6. The lowest BCUT2D eigenvalue weighted by atomic mass is 9.99. The van der Waals surface area contributed by atoms with Gasteiger partial charge in [0.1, 0.15) is 5.75 Å². The number of nitrogens with one attached hydrogen (secondary N) is 1. The second-order valence-electron chi connectivity index (χ2n) is 7.92. The molecule has 5 nitrogen and oxygen atoms in total. The third-order valence-electron chi connectivity index (χ3n) is 5.56. The summed E-state index contributed by atoms with van der Waals surface area (Å²) in [6.45, 7) is 7.19. The van der Waals surface area contributed by atoms with Crippen molar-refractivity contribution in [3.63, 3.8) is 0 Å². The Morgan fingerprint density at radius 3 is 2.50 bits per heavy atom. The van der Waals surface area contributed by atoms with Gasteiger partial charge in [0.15, 0.2) is 0 Å². The lowest BCUT2D eigenvalue weighted by molar-refractivity contribution is 0.0951. The van der Waals surface area contributed by atoms with Gasteiger partial charge in [0.2, 0.25) is 0 Å².